The first-order valence-electron chi connectivity index (χ1n) is 20.1. The van der Waals surface area contributed by atoms with Crippen LogP contribution < -0.4 is 0 Å². The zero-order valence-electron chi connectivity index (χ0n) is 31.7. The number of hydrogen-bond acceptors (Lipinski definition) is 3. The van der Waals surface area contributed by atoms with Crippen molar-refractivity contribution in [2.45, 2.75) is 174 Å². The number of rotatable bonds is 37. The zero-order chi connectivity index (χ0) is 34.3. The molecule has 0 saturated heterocycles. The highest BCUT2D eigenvalue weighted by atomic mass is 127. The number of thioether (sulfide) groups is 1. The fourth-order valence-electron chi connectivity index (χ4n) is 5.70. The second kappa shape index (κ2) is 40.2. The van der Waals surface area contributed by atoms with E-state index in [0.717, 1.165) is 38.2 Å². The van der Waals surface area contributed by atoms with Crippen molar-refractivity contribution >= 4 is 40.3 Å². The van der Waals surface area contributed by atoms with E-state index in [0.29, 0.717) is 12.3 Å². The lowest BCUT2D eigenvalue weighted by Gasteiger charge is -2.23. The van der Waals surface area contributed by atoms with Gasteiger partial charge in [0.05, 0.1) is 0 Å². The number of amides is 1. The van der Waals surface area contributed by atoms with Crippen molar-refractivity contribution in [3.05, 3.63) is 36.5 Å². The van der Waals surface area contributed by atoms with Gasteiger partial charge in [-0.1, -0.05) is 149 Å². The summed E-state index contributed by atoms with van der Waals surface area (Å²) in [5.74, 6) is 2.67. The summed E-state index contributed by atoms with van der Waals surface area (Å²) in [6, 6.07) is 0. The highest BCUT2D eigenvalue weighted by Crippen LogP contribution is 2.14. The Balaban J connectivity index is 3.82. The van der Waals surface area contributed by atoms with Crippen LogP contribution in [0.15, 0.2) is 36.5 Å². The molecule has 0 bridgehead atoms. The third-order valence-electron chi connectivity index (χ3n) is 8.84. The number of hydrogen-bond donors (Lipinski definition) is 0. The van der Waals surface area contributed by atoms with Crippen LogP contribution in [0, 0.1) is 0 Å². The van der Waals surface area contributed by atoms with E-state index >= 15 is 0 Å². The molecule has 0 atom stereocenters. The summed E-state index contributed by atoms with van der Waals surface area (Å²) in [4.78, 5) is 17.2. The van der Waals surface area contributed by atoms with E-state index in [4.69, 9.17) is 0 Å². The predicted molar refractivity (Wildman–Crippen MR) is 224 cm³/mol. The van der Waals surface area contributed by atoms with Gasteiger partial charge in [-0.05, 0) is 101 Å². The molecular weight excluding hydrogens is 707 g/mol. The molecule has 0 fully saturated rings. The lowest BCUT2D eigenvalue weighted by atomic mass is 10.1. The number of unbranched alkanes of at least 4 members (excludes halogenated alkanes) is 20. The minimum Gasteiger partial charge on any atom is -0.342 e. The van der Waals surface area contributed by atoms with Gasteiger partial charge in [0.1, 0.15) is 0 Å². The molecule has 0 aromatic rings. The normalized spacial score (nSPS) is 12.1. The smallest absolute Gasteiger partial charge is 0.223 e. The summed E-state index contributed by atoms with van der Waals surface area (Å²) in [6.07, 6.45) is 47.8. The van der Waals surface area contributed by atoms with E-state index in [9.17, 15) is 4.79 Å². The van der Waals surface area contributed by atoms with Crippen LogP contribution in [0.5, 0.6) is 0 Å². The number of allylic oxidation sites excluding steroid dienone is 6. The highest BCUT2D eigenvalue weighted by Gasteiger charge is 2.13. The maximum Gasteiger partial charge on any atom is 0.223 e. The van der Waals surface area contributed by atoms with Gasteiger partial charge in [-0.3, -0.25) is 4.79 Å². The largest absolute Gasteiger partial charge is 0.342 e. The summed E-state index contributed by atoms with van der Waals surface area (Å²) in [6.45, 7) is 4.97. The van der Waals surface area contributed by atoms with Crippen LogP contribution >= 0.6 is 34.4 Å². The van der Waals surface area contributed by atoms with Crippen LogP contribution in [-0.2, 0) is 4.79 Å². The van der Waals surface area contributed by atoms with Crippen molar-refractivity contribution in [1.29, 1.82) is 0 Å². The fraction of sp³-hybridized carbons (Fsp3) is 0.833. The van der Waals surface area contributed by atoms with Crippen LogP contribution in [0.2, 0.25) is 0 Å². The maximum atomic E-state index is 12.9. The molecule has 0 aliphatic carbocycles. The summed E-state index contributed by atoms with van der Waals surface area (Å²) < 4.78 is 1.31. The molecule has 5 heteroatoms. The minimum atomic E-state index is 0.346. The molecule has 0 N–H and O–H groups in total. The van der Waals surface area contributed by atoms with Gasteiger partial charge in [0.25, 0.3) is 0 Å². The van der Waals surface area contributed by atoms with Gasteiger partial charge in [-0.25, -0.2) is 0 Å². The van der Waals surface area contributed by atoms with Crippen LogP contribution in [0.1, 0.15) is 174 Å². The van der Waals surface area contributed by atoms with Crippen molar-refractivity contribution < 1.29 is 4.79 Å². The molecule has 0 rings (SSSR count). The Kier molecular flexibility index (Phi) is 39.9. The molecule has 276 valence electrons. The average Bonchev–Trinajstić information content (AvgIpc) is 3.07. The summed E-state index contributed by atoms with van der Waals surface area (Å²) in [7, 11) is 4.12. The molecule has 0 heterocycles. The van der Waals surface area contributed by atoms with Crippen LogP contribution in [0.3, 0.4) is 0 Å². The van der Waals surface area contributed by atoms with E-state index < -0.39 is 0 Å². The van der Waals surface area contributed by atoms with Crippen molar-refractivity contribution in [2.24, 2.45) is 0 Å². The van der Waals surface area contributed by atoms with E-state index in [1.165, 1.54) is 158 Å². The molecule has 0 saturated carbocycles. The average molecular weight is 787 g/mol. The second-order valence-electron chi connectivity index (χ2n) is 13.8. The lowest BCUT2D eigenvalue weighted by molar-refractivity contribution is -0.131. The van der Waals surface area contributed by atoms with E-state index in [-0.39, 0.29) is 0 Å². The quantitative estimate of drug-likeness (QED) is 0.0271. The number of alkyl halides is 1. The monoisotopic (exact) mass is 786 g/mol. The Morgan fingerprint density at radius 1 is 0.532 bits per heavy atom. The first-order valence-corrected chi connectivity index (χ1v) is 22.8. The Morgan fingerprint density at radius 2 is 1.00 bits per heavy atom. The fourth-order valence-corrected chi connectivity index (χ4v) is 7.20. The second-order valence-corrected chi connectivity index (χ2v) is 16.1. The first-order chi connectivity index (χ1) is 23.1. The van der Waals surface area contributed by atoms with Crippen LogP contribution in [0.4, 0.5) is 0 Å². The molecule has 0 radical (unpaired) electrons. The Labute approximate surface area is 313 Å². The summed E-state index contributed by atoms with van der Waals surface area (Å²) >= 11 is 4.54. The lowest BCUT2D eigenvalue weighted by Crippen LogP contribution is -2.35. The van der Waals surface area contributed by atoms with Gasteiger partial charge in [0, 0.05) is 31.8 Å². The number of carbonyl (C=O) groups is 1. The SMILES string of the molecule is CCCCC/C=C\C/C=C\CCCCCCCCN(CCSCCCCCCCC/C=C\CCCCCCCI)C(=O)CCN(C)C. The van der Waals surface area contributed by atoms with Crippen molar-refractivity contribution in [3.63, 3.8) is 0 Å². The van der Waals surface area contributed by atoms with Gasteiger partial charge in [-0.2, -0.15) is 11.8 Å². The Morgan fingerprint density at radius 3 is 1.53 bits per heavy atom. The summed E-state index contributed by atoms with van der Waals surface area (Å²) in [5.41, 5.74) is 0. The summed E-state index contributed by atoms with van der Waals surface area (Å²) in [5, 5.41) is 0. The van der Waals surface area contributed by atoms with Crippen molar-refractivity contribution in [2.75, 3.05) is 49.7 Å². The molecule has 0 aliphatic heterocycles. The predicted octanol–water partition coefficient (Wildman–Crippen LogP) is 13.4. The van der Waals surface area contributed by atoms with Crippen molar-refractivity contribution in [1.82, 2.24) is 9.80 Å². The molecule has 47 heavy (non-hydrogen) atoms. The van der Waals surface area contributed by atoms with E-state index in [2.05, 4.69) is 102 Å². The zero-order valence-corrected chi connectivity index (χ0v) is 34.7. The van der Waals surface area contributed by atoms with E-state index in [1.807, 2.05) is 0 Å². The Bertz CT molecular complexity index is 723. The van der Waals surface area contributed by atoms with Crippen molar-refractivity contribution in [3.8, 4) is 0 Å². The molecule has 0 aromatic heterocycles. The number of carbonyl (C=O) groups excluding carboxylic acids is 1. The van der Waals surface area contributed by atoms with Gasteiger partial charge in [0.2, 0.25) is 5.91 Å². The molecule has 3 nitrogen and oxygen atoms in total. The van der Waals surface area contributed by atoms with Gasteiger partial charge >= 0.3 is 0 Å². The molecule has 0 unspecified atom stereocenters. The first kappa shape index (κ1) is 46.7. The van der Waals surface area contributed by atoms with E-state index in [1.54, 1.807) is 0 Å². The molecule has 1 amide bonds. The number of halogens is 1. The van der Waals surface area contributed by atoms with Gasteiger partial charge < -0.3 is 9.80 Å². The maximum absolute atomic E-state index is 12.9. The topological polar surface area (TPSA) is 23.6 Å². The highest BCUT2D eigenvalue weighted by molar-refractivity contribution is 14.1. The molecular formula is C42H79IN2OS. The third kappa shape index (κ3) is 38.4. The van der Waals surface area contributed by atoms with Crippen LogP contribution in [0.25, 0.3) is 0 Å². The van der Waals surface area contributed by atoms with Crippen LogP contribution in [-0.4, -0.2) is 65.4 Å². The van der Waals surface area contributed by atoms with Gasteiger partial charge in [0.15, 0.2) is 0 Å². The molecule has 0 spiro atoms. The molecule has 0 aliphatic rings. The Hall–Kier alpha value is -0.270. The third-order valence-corrected chi connectivity index (χ3v) is 10.7. The number of nitrogens with zero attached hydrogens (tertiary/aromatic N) is 2. The minimum absolute atomic E-state index is 0.346. The standard InChI is InChI=1S/C42H79IN2OS/c1-4-5-6-7-8-9-10-11-12-15-18-21-24-27-30-33-37-45(42(46)35-38-44(2)3)39-41-47-40-34-31-28-25-22-19-16-13-14-17-20-23-26-29-32-36-43/h8-9,11-14H,4-7,10,15-41H2,1-3H3/b9-8-,12-11-,14-13-. The van der Waals surface area contributed by atoms with Gasteiger partial charge in [-0.15, -0.1) is 0 Å². The molecule has 0 aromatic carbocycles.